The molecule has 2 fully saturated rings. The maximum atomic E-state index is 11.8. The SMILES string of the molecule is O=C(NCC1CN2CCCC2CO1)Nc1cccnc1. The summed E-state index contributed by atoms with van der Waals surface area (Å²) in [6.45, 7) is 3.40. The van der Waals surface area contributed by atoms with Crippen molar-refractivity contribution in [2.45, 2.75) is 25.0 Å². The first kappa shape index (κ1) is 13.3. The van der Waals surface area contributed by atoms with E-state index in [0.717, 1.165) is 19.7 Å². The minimum absolute atomic E-state index is 0.0870. The second kappa shape index (κ2) is 6.19. The van der Waals surface area contributed by atoms with E-state index >= 15 is 0 Å². The smallest absolute Gasteiger partial charge is 0.319 e. The molecule has 0 spiro atoms. The van der Waals surface area contributed by atoms with E-state index < -0.39 is 0 Å². The van der Waals surface area contributed by atoms with E-state index in [9.17, 15) is 4.79 Å². The molecule has 108 valence electrons. The zero-order valence-corrected chi connectivity index (χ0v) is 11.4. The Morgan fingerprint density at radius 2 is 2.50 bits per heavy atom. The molecule has 1 aromatic rings. The van der Waals surface area contributed by atoms with Crippen LogP contribution in [0.5, 0.6) is 0 Å². The molecule has 0 bridgehead atoms. The Morgan fingerprint density at radius 3 is 3.35 bits per heavy atom. The average Bonchev–Trinajstić information content (AvgIpc) is 2.93. The minimum Gasteiger partial charge on any atom is -0.373 e. The van der Waals surface area contributed by atoms with Gasteiger partial charge in [0.1, 0.15) is 0 Å². The number of anilines is 1. The van der Waals surface area contributed by atoms with Crippen LogP contribution in [0.4, 0.5) is 10.5 Å². The summed E-state index contributed by atoms with van der Waals surface area (Å²) < 4.78 is 5.80. The van der Waals surface area contributed by atoms with E-state index in [2.05, 4.69) is 20.5 Å². The molecule has 3 heterocycles. The molecule has 0 aromatic carbocycles. The number of rotatable bonds is 3. The van der Waals surface area contributed by atoms with E-state index in [1.54, 1.807) is 24.5 Å². The molecular formula is C14H20N4O2. The Balaban J connectivity index is 1.42. The lowest BCUT2D eigenvalue weighted by molar-refractivity contribution is -0.0456. The molecule has 2 atom stereocenters. The third-order valence-corrected chi connectivity index (χ3v) is 3.87. The number of carbonyl (C=O) groups excluding carboxylic acids is 1. The first-order valence-electron chi connectivity index (χ1n) is 7.12. The van der Waals surface area contributed by atoms with Crippen molar-refractivity contribution in [3.63, 3.8) is 0 Å². The Kier molecular flexibility index (Phi) is 4.13. The second-order valence-electron chi connectivity index (χ2n) is 5.32. The molecule has 20 heavy (non-hydrogen) atoms. The highest BCUT2D eigenvalue weighted by atomic mass is 16.5. The first-order chi connectivity index (χ1) is 9.81. The quantitative estimate of drug-likeness (QED) is 0.866. The van der Waals surface area contributed by atoms with E-state index in [1.807, 2.05) is 0 Å². The molecule has 2 aliphatic rings. The van der Waals surface area contributed by atoms with Gasteiger partial charge in [0.15, 0.2) is 0 Å². The number of aromatic nitrogens is 1. The number of ether oxygens (including phenoxy) is 1. The molecule has 6 heteroatoms. The maximum absolute atomic E-state index is 11.8. The fourth-order valence-corrected chi connectivity index (χ4v) is 2.83. The molecule has 0 radical (unpaired) electrons. The minimum atomic E-state index is -0.217. The number of morpholine rings is 1. The van der Waals surface area contributed by atoms with Gasteiger partial charge in [0.05, 0.1) is 24.6 Å². The van der Waals surface area contributed by atoms with E-state index in [-0.39, 0.29) is 12.1 Å². The van der Waals surface area contributed by atoms with E-state index in [0.29, 0.717) is 18.3 Å². The van der Waals surface area contributed by atoms with Crippen molar-refractivity contribution >= 4 is 11.7 Å². The van der Waals surface area contributed by atoms with E-state index in [1.165, 1.54) is 12.8 Å². The molecular weight excluding hydrogens is 256 g/mol. The molecule has 1 aromatic heterocycles. The number of amides is 2. The maximum Gasteiger partial charge on any atom is 0.319 e. The van der Waals surface area contributed by atoms with Gasteiger partial charge < -0.3 is 15.4 Å². The number of nitrogens with zero attached hydrogens (tertiary/aromatic N) is 2. The van der Waals surface area contributed by atoms with Crippen LogP contribution in [0.1, 0.15) is 12.8 Å². The normalized spacial score (nSPS) is 26.0. The Labute approximate surface area is 118 Å². The predicted molar refractivity (Wildman–Crippen MR) is 75.6 cm³/mol. The molecule has 2 unspecified atom stereocenters. The number of hydrogen-bond acceptors (Lipinski definition) is 4. The molecule has 0 aliphatic carbocycles. The van der Waals surface area contributed by atoms with Crippen LogP contribution in [0.2, 0.25) is 0 Å². The van der Waals surface area contributed by atoms with Gasteiger partial charge in [0.25, 0.3) is 0 Å². The lowest BCUT2D eigenvalue weighted by Crippen LogP contribution is -2.50. The van der Waals surface area contributed by atoms with Gasteiger partial charge in [-0.15, -0.1) is 0 Å². The number of hydrogen-bond donors (Lipinski definition) is 2. The highest BCUT2D eigenvalue weighted by Crippen LogP contribution is 2.22. The zero-order valence-electron chi connectivity index (χ0n) is 11.4. The van der Waals surface area contributed by atoms with Gasteiger partial charge >= 0.3 is 6.03 Å². The van der Waals surface area contributed by atoms with Gasteiger partial charge in [0, 0.05) is 25.3 Å². The van der Waals surface area contributed by atoms with Crippen molar-refractivity contribution in [2.75, 3.05) is 31.6 Å². The Bertz CT molecular complexity index is 454. The van der Waals surface area contributed by atoms with Crippen LogP contribution >= 0.6 is 0 Å². The number of fused-ring (bicyclic) bond motifs is 1. The molecule has 2 N–H and O–H groups in total. The van der Waals surface area contributed by atoms with Crippen molar-refractivity contribution in [2.24, 2.45) is 0 Å². The molecule has 3 rings (SSSR count). The summed E-state index contributed by atoms with van der Waals surface area (Å²) in [6, 6.07) is 3.96. The van der Waals surface area contributed by atoms with Gasteiger partial charge in [-0.25, -0.2) is 4.79 Å². The molecule has 2 aliphatic heterocycles. The average molecular weight is 276 g/mol. The standard InChI is InChI=1S/C14H20N4O2/c19-14(17-11-3-1-5-15-7-11)16-8-13-9-18-6-2-4-12(18)10-20-13/h1,3,5,7,12-13H,2,4,6,8-10H2,(H2,16,17,19). The van der Waals surface area contributed by atoms with Gasteiger partial charge in [-0.2, -0.15) is 0 Å². The van der Waals surface area contributed by atoms with Crippen LogP contribution in [0.3, 0.4) is 0 Å². The largest absolute Gasteiger partial charge is 0.373 e. The number of pyridine rings is 1. The summed E-state index contributed by atoms with van der Waals surface area (Å²) in [7, 11) is 0. The van der Waals surface area contributed by atoms with Gasteiger partial charge in [-0.1, -0.05) is 0 Å². The Morgan fingerprint density at radius 1 is 1.55 bits per heavy atom. The molecule has 6 nitrogen and oxygen atoms in total. The van der Waals surface area contributed by atoms with Crippen LogP contribution in [0, 0.1) is 0 Å². The van der Waals surface area contributed by atoms with Crippen molar-refractivity contribution < 1.29 is 9.53 Å². The van der Waals surface area contributed by atoms with Gasteiger partial charge in [-0.3, -0.25) is 9.88 Å². The summed E-state index contributed by atoms with van der Waals surface area (Å²) in [5, 5.41) is 5.60. The number of nitrogens with one attached hydrogen (secondary N) is 2. The van der Waals surface area contributed by atoms with Crippen LogP contribution in [-0.4, -0.2) is 54.3 Å². The van der Waals surface area contributed by atoms with Crippen LogP contribution in [0.25, 0.3) is 0 Å². The van der Waals surface area contributed by atoms with Crippen molar-refractivity contribution in [3.05, 3.63) is 24.5 Å². The lowest BCUT2D eigenvalue weighted by Gasteiger charge is -2.35. The first-order valence-corrected chi connectivity index (χ1v) is 7.12. The highest BCUT2D eigenvalue weighted by Gasteiger charge is 2.32. The molecule has 2 saturated heterocycles. The summed E-state index contributed by atoms with van der Waals surface area (Å²) in [4.78, 5) is 18.2. The summed E-state index contributed by atoms with van der Waals surface area (Å²) >= 11 is 0. The van der Waals surface area contributed by atoms with Crippen molar-refractivity contribution in [1.82, 2.24) is 15.2 Å². The van der Waals surface area contributed by atoms with E-state index in [4.69, 9.17) is 4.74 Å². The van der Waals surface area contributed by atoms with Crippen LogP contribution in [0.15, 0.2) is 24.5 Å². The van der Waals surface area contributed by atoms with Gasteiger partial charge in [0.2, 0.25) is 0 Å². The fourth-order valence-electron chi connectivity index (χ4n) is 2.83. The van der Waals surface area contributed by atoms with Crippen molar-refractivity contribution in [3.8, 4) is 0 Å². The number of urea groups is 1. The van der Waals surface area contributed by atoms with Gasteiger partial charge in [-0.05, 0) is 31.5 Å². The summed E-state index contributed by atoms with van der Waals surface area (Å²) in [5.74, 6) is 0. The number of carbonyl (C=O) groups is 1. The monoisotopic (exact) mass is 276 g/mol. The molecule has 2 amide bonds. The molecule has 0 saturated carbocycles. The third-order valence-electron chi connectivity index (χ3n) is 3.87. The topological polar surface area (TPSA) is 66.5 Å². The van der Waals surface area contributed by atoms with Crippen LogP contribution < -0.4 is 10.6 Å². The summed E-state index contributed by atoms with van der Waals surface area (Å²) in [6.07, 6.45) is 5.87. The fraction of sp³-hybridized carbons (Fsp3) is 0.571. The van der Waals surface area contributed by atoms with Crippen LogP contribution in [-0.2, 0) is 4.74 Å². The summed E-state index contributed by atoms with van der Waals surface area (Å²) in [5.41, 5.74) is 0.689. The Hall–Kier alpha value is -1.66. The second-order valence-corrected chi connectivity index (χ2v) is 5.32. The highest BCUT2D eigenvalue weighted by molar-refractivity contribution is 5.88. The zero-order chi connectivity index (χ0) is 13.8. The van der Waals surface area contributed by atoms with Crippen molar-refractivity contribution in [1.29, 1.82) is 0 Å². The lowest BCUT2D eigenvalue weighted by atomic mass is 10.2. The predicted octanol–water partition coefficient (Wildman–Crippen LogP) is 1.07. The third kappa shape index (κ3) is 3.26.